The van der Waals surface area contributed by atoms with Gasteiger partial charge in [-0.15, -0.1) is 0 Å². The molecule has 0 radical (unpaired) electrons. The largest absolute Gasteiger partial charge is 0.420 e. The van der Waals surface area contributed by atoms with Crippen molar-refractivity contribution < 1.29 is 74.1 Å². The van der Waals surface area contributed by atoms with Gasteiger partial charge in [0.05, 0.1) is 13.2 Å². The maximum Gasteiger partial charge on any atom is 0.405 e. The minimum absolute atomic E-state index is 0.258. The Labute approximate surface area is 378 Å². The van der Waals surface area contributed by atoms with E-state index in [2.05, 4.69) is 13.8 Å². The summed E-state index contributed by atoms with van der Waals surface area (Å²) in [7, 11) is 0. The molecule has 0 aromatic rings. The number of hydrogen-bond acceptors (Lipinski definition) is 15. The van der Waals surface area contributed by atoms with Crippen LogP contribution in [0.25, 0.3) is 0 Å². The predicted molar refractivity (Wildman–Crippen MR) is 238 cm³/mol. The average molecular weight is 907 g/mol. The van der Waals surface area contributed by atoms with E-state index in [9.17, 15) is 50.4 Å². The first-order valence-corrected chi connectivity index (χ1v) is 25.2. The van der Waals surface area contributed by atoms with Crippen molar-refractivity contribution in [3.8, 4) is 0 Å². The van der Waals surface area contributed by atoms with E-state index in [0.717, 1.165) is 51.4 Å². The maximum absolute atomic E-state index is 13.6. The van der Waals surface area contributed by atoms with E-state index >= 15 is 0 Å². The van der Waals surface area contributed by atoms with Gasteiger partial charge in [-0.2, -0.15) is 0 Å². The second-order valence-electron chi connectivity index (χ2n) is 18.2. The summed E-state index contributed by atoms with van der Waals surface area (Å²) >= 11 is 0. The summed E-state index contributed by atoms with van der Waals surface area (Å²) in [4.78, 5) is 27.0. The summed E-state index contributed by atoms with van der Waals surface area (Å²) < 4.78 is 28.0. The second kappa shape index (κ2) is 33.1. The Morgan fingerprint density at radius 1 is 0.460 bits per heavy atom. The molecule has 0 amide bonds. The summed E-state index contributed by atoms with van der Waals surface area (Å²) in [5, 5.41) is 86.4. The van der Waals surface area contributed by atoms with Crippen molar-refractivity contribution in [1.82, 2.24) is 0 Å². The van der Waals surface area contributed by atoms with Gasteiger partial charge >= 0.3 is 23.7 Å². The van der Waals surface area contributed by atoms with E-state index in [1.165, 1.54) is 116 Å². The van der Waals surface area contributed by atoms with Gasteiger partial charge in [0.15, 0.2) is 6.10 Å². The van der Waals surface area contributed by atoms with Crippen LogP contribution in [-0.4, -0.2) is 127 Å². The van der Waals surface area contributed by atoms with Gasteiger partial charge in [-0.1, -0.05) is 194 Å². The molecule has 0 saturated carbocycles. The maximum atomic E-state index is 13.6. The Bertz CT molecular complexity index is 1180. The monoisotopic (exact) mass is 907 g/mol. The van der Waals surface area contributed by atoms with Gasteiger partial charge in [0.2, 0.25) is 5.79 Å². The van der Waals surface area contributed by atoms with E-state index in [4.69, 9.17) is 23.7 Å². The van der Waals surface area contributed by atoms with Crippen LogP contribution in [0.4, 0.5) is 0 Å². The van der Waals surface area contributed by atoms with Crippen molar-refractivity contribution in [2.45, 2.75) is 273 Å². The molecule has 2 heterocycles. The summed E-state index contributed by atoms with van der Waals surface area (Å²) in [5.74, 6) is -12.0. The molecule has 0 bridgehead atoms. The predicted octanol–water partition coefficient (Wildman–Crippen LogP) is 6.87. The van der Waals surface area contributed by atoms with Crippen LogP contribution in [0.3, 0.4) is 0 Å². The van der Waals surface area contributed by atoms with E-state index < -0.39 is 85.9 Å². The lowest BCUT2D eigenvalue weighted by Gasteiger charge is -2.53. The number of hydrogen-bond donors (Lipinski definition) is 8. The molecular formula is C48H90O15. The minimum atomic E-state index is -3.57. The highest BCUT2D eigenvalue weighted by Crippen LogP contribution is 2.47. The summed E-state index contributed by atoms with van der Waals surface area (Å²) in [6, 6.07) is 0. The van der Waals surface area contributed by atoms with Crippen LogP contribution in [0.1, 0.15) is 219 Å². The highest BCUT2D eigenvalue weighted by Gasteiger charge is 2.75. The summed E-state index contributed by atoms with van der Waals surface area (Å²) in [6.45, 7) is 1.26. The van der Waals surface area contributed by atoms with Crippen LogP contribution < -0.4 is 0 Å². The van der Waals surface area contributed by atoms with Gasteiger partial charge in [0, 0.05) is 12.8 Å². The van der Waals surface area contributed by atoms with Crippen molar-refractivity contribution in [2.24, 2.45) is 0 Å². The van der Waals surface area contributed by atoms with Crippen LogP contribution in [0.5, 0.6) is 0 Å². The first kappa shape index (κ1) is 57.6. The number of carbonyl (C=O) groups excluding carboxylic acids is 2. The number of unbranched alkanes of at least 4 members (excludes halogenated alkanes) is 28. The zero-order valence-corrected chi connectivity index (χ0v) is 39.1. The summed E-state index contributed by atoms with van der Waals surface area (Å²) in [5.41, 5.74) is 0. The van der Waals surface area contributed by atoms with Crippen LogP contribution in [-0.2, 0) is 33.3 Å². The SMILES string of the molecule is CCCCCCCCCCCCCCCCCC(=O)O[C@@]1(OC2(CO)O[C@H](CO)[C@@H](O)[C@@H]2O)O[C@H](CO)[C@@H](O)[C@H](O)[C@]1(O)OC(=O)CCCCCCCCCCCCCCCCC. The van der Waals surface area contributed by atoms with Gasteiger partial charge in [0.25, 0.3) is 0 Å². The van der Waals surface area contributed by atoms with Gasteiger partial charge in [-0.05, 0) is 12.8 Å². The fourth-order valence-electron chi connectivity index (χ4n) is 8.64. The second-order valence-corrected chi connectivity index (χ2v) is 18.2. The highest BCUT2D eigenvalue weighted by atomic mass is 17.0. The van der Waals surface area contributed by atoms with Crippen molar-refractivity contribution in [1.29, 1.82) is 0 Å². The van der Waals surface area contributed by atoms with Crippen LogP contribution in [0, 0.1) is 0 Å². The van der Waals surface area contributed by atoms with Gasteiger partial charge in [0.1, 0.15) is 37.1 Å². The van der Waals surface area contributed by atoms with Crippen molar-refractivity contribution in [3.63, 3.8) is 0 Å². The Morgan fingerprint density at radius 2 is 0.778 bits per heavy atom. The van der Waals surface area contributed by atoms with Crippen molar-refractivity contribution >= 4 is 11.9 Å². The molecule has 1 unspecified atom stereocenters. The Kier molecular flexibility index (Phi) is 30.2. The Hall–Kier alpha value is -1.50. The molecular weight excluding hydrogens is 817 g/mol. The van der Waals surface area contributed by atoms with Crippen molar-refractivity contribution in [3.05, 3.63) is 0 Å². The standard InChI is InChI=1S/C48H90O15/c1-3-5-7-9-11-13-15-17-19-21-23-25-27-29-31-33-40(52)61-47(58)45(57)43(55)39(36-50)60-48(47,63-46(37-51)44(56)42(54)38(35-49)59-46)62-41(53)34-32-30-28-26-24-22-20-18-16-14-12-10-8-6-4-2/h38-39,42-45,49-51,54-58H,3-37H2,1-2H3/t38-,39-,42-,43-,44+,45+,46?,47+,48+/m1/s1. The van der Waals surface area contributed by atoms with Crippen LogP contribution >= 0.6 is 0 Å². The van der Waals surface area contributed by atoms with E-state index in [-0.39, 0.29) is 12.8 Å². The summed E-state index contributed by atoms with van der Waals surface area (Å²) in [6.07, 6.45) is 20.4. The lowest BCUT2D eigenvalue weighted by Crippen LogP contribution is -2.78. The van der Waals surface area contributed by atoms with E-state index in [1.807, 2.05) is 0 Å². The number of aliphatic hydroxyl groups is 8. The molecule has 0 aromatic heterocycles. The number of aliphatic hydroxyl groups excluding tert-OH is 7. The smallest absolute Gasteiger partial charge is 0.405 e. The lowest BCUT2D eigenvalue weighted by atomic mass is 9.93. The molecule has 8 N–H and O–H groups in total. The van der Waals surface area contributed by atoms with E-state index in [1.54, 1.807) is 0 Å². The Balaban J connectivity index is 2.02. The molecule has 0 aliphatic carbocycles. The molecule has 15 heteroatoms. The van der Waals surface area contributed by atoms with Gasteiger partial charge in [-0.3, -0.25) is 14.3 Å². The van der Waals surface area contributed by atoms with Crippen molar-refractivity contribution in [2.75, 3.05) is 19.8 Å². The third kappa shape index (κ3) is 19.7. The normalized spacial score (nSPS) is 28.4. The number of rotatable bonds is 39. The zero-order valence-electron chi connectivity index (χ0n) is 39.1. The Morgan fingerprint density at radius 3 is 1.11 bits per heavy atom. The molecule has 9 atom stereocenters. The topological polar surface area (TPSA) is 242 Å². The molecule has 15 nitrogen and oxygen atoms in total. The molecule has 0 spiro atoms. The molecule has 2 rings (SSSR count). The molecule has 2 aliphatic rings. The molecule has 2 fully saturated rings. The molecule has 2 aliphatic heterocycles. The van der Waals surface area contributed by atoms with Crippen LogP contribution in [0.15, 0.2) is 0 Å². The molecule has 0 aromatic carbocycles. The molecule has 63 heavy (non-hydrogen) atoms. The zero-order chi connectivity index (χ0) is 46.4. The average Bonchev–Trinajstić information content (AvgIpc) is 3.51. The first-order valence-electron chi connectivity index (χ1n) is 25.2. The fourth-order valence-corrected chi connectivity index (χ4v) is 8.64. The van der Waals surface area contributed by atoms with Gasteiger partial charge in [-0.25, -0.2) is 0 Å². The first-order chi connectivity index (χ1) is 30.4. The van der Waals surface area contributed by atoms with Gasteiger partial charge < -0.3 is 59.8 Å². The highest BCUT2D eigenvalue weighted by molar-refractivity contribution is 5.71. The van der Waals surface area contributed by atoms with E-state index in [0.29, 0.717) is 25.7 Å². The third-order valence-corrected chi connectivity index (χ3v) is 12.7. The number of ether oxygens (including phenoxy) is 5. The minimum Gasteiger partial charge on any atom is -0.420 e. The number of esters is 2. The lowest BCUT2D eigenvalue weighted by molar-refractivity contribution is -0.554. The fraction of sp³-hybridized carbons (Fsp3) is 0.958. The quantitative estimate of drug-likeness (QED) is 0.0178. The number of carbonyl (C=O) groups is 2. The third-order valence-electron chi connectivity index (χ3n) is 12.7. The molecule has 372 valence electrons. The molecule has 2 saturated heterocycles. The van der Waals surface area contributed by atoms with Crippen LogP contribution in [0.2, 0.25) is 0 Å².